The topological polar surface area (TPSA) is 91.6 Å². The average molecular weight is 423 g/mol. The number of amides is 1. The van der Waals surface area contributed by atoms with Crippen molar-refractivity contribution in [3.63, 3.8) is 0 Å². The number of aryl methyl sites for hydroxylation is 2. The number of rotatable bonds is 5. The highest BCUT2D eigenvalue weighted by molar-refractivity contribution is 14.0. The van der Waals surface area contributed by atoms with Crippen molar-refractivity contribution in [1.29, 1.82) is 0 Å². The van der Waals surface area contributed by atoms with Crippen LogP contribution in [0.2, 0.25) is 0 Å². The highest BCUT2D eigenvalue weighted by atomic mass is 127. The number of carbonyl (C=O) groups excluding carboxylic acids is 1. The van der Waals surface area contributed by atoms with Crippen LogP contribution in [0.1, 0.15) is 30.9 Å². The van der Waals surface area contributed by atoms with Crippen molar-refractivity contribution in [3.8, 4) is 0 Å². The first-order valence-corrected chi connectivity index (χ1v) is 6.90. The molecular formula is C14H26IN5O2. The van der Waals surface area contributed by atoms with Gasteiger partial charge in [-0.15, -0.1) is 24.0 Å². The van der Waals surface area contributed by atoms with E-state index in [1.165, 1.54) is 0 Å². The zero-order valence-electron chi connectivity index (χ0n) is 14.0. The van der Waals surface area contributed by atoms with Gasteiger partial charge < -0.3 is 20.5 Å². The van der Waals surface area contributed by atoms with Gasteiger partial charge in [-0.25, -0.2) is 0 Å². The van der Waals surface area contributed by atoms with Crippen LogP contribution in [0.4, 0.5) is 0 Å². The van der Waals surface area contributed by atoms with E-state index in [0.717, 1.165) is 17.0 Å². The minimum Gasteiger partial charge on any atom is -0.361 e. The van der Waals surface area contributed by atoms with Crippen LogP contribution in [0.3, 0.4) is 0 Å². The molecule has 0 aliphatic heterocycles. The van der Waals surface area contributed by atoms with E-state index in [4.69, 9.17) is 4.52 Å². The molecule has 0 aliphatic rings. The van der Waals surface area contributed by atoms with E-state index in [9.17, 15) is 4.79 Å². The maximum Gasteiger partial charge on any atom is 0.227 e. The number of halogens is 1. The number of aromatic nitrogens is 1. The standard InChI is InChI=1S/C14H25N5O2.HI/c1-9-11(10(2)21-19-9)7-17-13(16-6)18-8-14(3,4)12(20)15-5;/h7-8H2,1-6H3,(H,15,20)(H2,16,17,18);1H. The summed E-state index contributed by atoms with van der Waals surface area (Å²) in [5.74, 6) is 1.41. The van der Waals surface area contributed by atoms with E-state index in [2.05, 4.69) is 26.1 Å². The molecule has 0 spiro atoms. The van der Waals surface area contributed by atoms with Crippen molar-refractivity contribution < 1.29 is 9.32 Å². The summed E-state index contributed by atoms with van der Waals surface area (Å²) in [5, 5.41) is 12.9. The fourth-order valence-electron chi connectivity index (χ4n) is 1.87. The third kappa shape index (κ3) is 5.47. The number of aliphatic imine (C=N–C) groups is 1. The summed E-state index contributed by atoms with van der Waals surface area (Å²) in [6.45, 7) is 8.58. The maximum atomic E-state index is 11.7. The van der Waals surface area contributed by atoms with E-state index in [1.807, 2.05) is 27.7 Å². The van der Waals surface area contributed by atoms with Crippen LogP contribution in [-0.4, -0.2) is 37.7 Å². The predicted molar refractivity (Wildman–Crippen MR) is 97.4 cm³/mol. The van der Waals surface area contributed by atoms with Crippen LogP contribution in [-0.2, 0) is 11.3 Å². The molecule has 8 heteroatoms. The van der Waals surface area contributed by atoms with Crippen molar-refractivity contribution >= 4 is 35.8 Å². The molecule has 0 fully saturated rings. The predicted octanol–water partition coefficient (Wildman–Crippen LogP) is 1.35. The smallest absolute Gasteiger partial charge is 0.227 e. The lowest BCUT2D eigenvalue weighted by molar-refractivity contribution is -0.128. The van der Waals surface area contributed by atoms with Gasteiger partial charge in [0, 0.05) is 32.7 Å². The molecule has 1 aromatic rings. The van der Waals surface area contributed by atoms with E-state index in [0.29, 0.717) is 19.0 Å². The summed E-state index contributed by atoms with van der Waals surface area (Å²) in [6, 6.07) is 0. The molecule has 1 aromatic heterocycles. The van der Waals surface area contributed by atoms with Crippen LogP contribution in [0, 0.1) is 19.3 Å². The molecule has 1 heterocycles. The van der Waals surface area contributed by atoms with Crippen molar-refractivity contribution in [2.24, 2.45) is 10.4 Å². The van der Waals surface area contributed by atoms with Crippen LogP contribution < -0.4 is 16.0 Å². The highest BCUT2D eigenvalue weighted by Crippen LogP contribution is 2.13. The molecule has 126 valence electrons. The van der Waals surface area contributed by atoms with Crippen LogP contribution in [0.5, 0.6) is 0 Å². The Morgan fingerprint density at radius 1 is 1.32 bits per heavy atom. The normalized spacial score (nSPS) is 11.6. The van der Waals surface area contributed by atoms with Crippen molar-refractivity contribution in [1.82, 2.24) is 21.1 Å². The second-order valence-corrected chi connectivity index (χ2v) is 5.55. The Morgan fingerprint density at radius 2 is 1.95 bits per heavy atom. The fourth-order valence-corrected chi connectivity index (χ4v) is 1.87. The first-order valence-electron chi connectivity index (χ1n) is 6.90. The molecule has 0 unspecified atom stereocenters. The minimum absolute atomic E-state index is 0. The Balaban J connectivity index is 0.00000441. The van der Waals surface area contributed by atoms with Gasteiger partial charge in [0.25, 0.3) is 0 Å². The van der Waals surface area contributed by atoms with Gasteiger partial charge in [-0.05, 0) is 27.7 Å². The molecule has 1 amide bonds. The van der Waals surface area contributed by atoms with Gasteiger partial charge in [0.1, 0.15) is 5.76 Å². The fraction of sp³-hybridized carbons (Fsp3) is 0.643. The van der Waals surface area contributed by atoms with E-state index in [1.54, 1.807) is 14.1 Å². The number of hydrogen-bond donors (Lipinski definition) is 3. The maximum absolute atomic E-state index is 11.7. The number of hydrogen-bond acceptors (Lipinski definition) is 4. The number of guanidine groups is 1. The lowest BCUT2D eigenvalue weighted by Gasteiger charge is -2.24. The van der Waals surface area contributed by atoms with Gasteiger partial charge in [0.2, 0.25) is 5.91 Å². The van der Waals surface area contributed by atoms with Gasteiger partial charge in [-0.1, -0.05) is 5.16 Å². The average Bonchev–Trinajstić information content (AvgIpc) is 2.77. The molecule has 0 aliphatic carbocycles. The molecule has 0 bridgehead atoms. The lowest BCUT2D eigenvalue weighted by Crippen LogP contribution is -2.47. The van der Waals surface area contributed by atoms with Crippen LogP contribution in [0.25, 0.3) is 0 Å². The summed E-state index contributed by atoms with van der Waals surface area (Å²) in [7, 11) is 3.32. The molecule has 1 rings (SSSR count). The first kappa shape index (κ1) is 20.7. The zero-order valence-corrected chi connectivity index (χ0v) is 16.4. The van der Waals surface area contributed by atoms with Gasteiger partial charge in [0.15, 0.2) is 5.96 Å². The number of nitrogens with zero attached hydrogens (tertiary/aromatic N) is 2. The Labute approximate surface area is 148 Å². The molecule has 3 N–H and O–H groups in total. The second-order valence-electron chi connectivity index (χ2n) is 5.55. The minimum atomic E-state index is -0.518. The summed E-state index contributed by atoms with van der Waals surface area (Å²) in [4.78, 5) is 15.9. The molecule has 0 saturated carbocycles. The summed E-state index contributed by atoms with van der Waals surface area (Å²) < 4.78 is 5.12. The van der Waals surface area contributed by atoms with Gasteiger partial charge >= 0.3 is 0 Å². The van der Waals surface area contributed by atoms with Crippen molar-refractivity contribution in [2.75, 3.05) is 20.6 Å². The molecule has 0 saturated heterocycles. The Bertz CT molecular complexity index is 506. The van der Waals surface area contributed by atoms with Crippen LogP contribution >= 0.6 is 24.0 Å². The molecule has 0 aromatic carbocycles. The largest absolute Gasteiger partial charge is 0.361 e. The Hall–Kier alpha value is -1.32. The summed E-state index contributed by atoms with van der Waals surface area (Å²) in [6.07, 6.45) is 0. The van der Waals surface area contributed by atoms with E-state index >= 15 is 0 Å². The van der Waals surface area contributed by atoms with E-state index in [-0.39, 0.29) is 29.9 Å². The molecule has 7 nitrogen and oxygen atoms in total. The van der Waals surface area contributed by atoms with Crippen molar-refractivity contribution in [2.45, 2.75) is 34.2 Å². The molecular weight excluding hydrogens is 397 g/mol. The van der Waals surface area contributed by atoms with Gasteiger partial charge in [-0.3, -0.25) is 9.79 Å². The lowest BCUT2D eigenvalue weighted by atomic mass is 9.92. The Morgan fingerprint density at radius 3 is 2.41 bits per heavy atom. The SMILES string of the molecule is CN=C(NCc1c(C)noc1C)NCC(C)(C)C(=O)NC.I. The third-order valence-electron chi connectivity index (χ3n) is 3.38. The monoisotopic (exact) mass is 423 g/mol. The second kappa shape index (κ2) is 8.96. The third-order valence-corrected chi connectivity index (χ3v) is 3.38. The van der Waals surface area contributed by atoms with Crippen LogP contribution in [0.15, 0.2) is 9.52 Å². The van der Waals surface area contributed by atoms with Gasteiger partial charge in [-0.2, -0.15) is 0 Å². The summed E-state index contributed by atoms with van der Waals surface area (Å²) >= 11 is 0. The number of nitrogens with one attached hydrogen (secondary N) is 3. The quantitative estimate of drug-likeness (QED) is 0.378. The highest BCUT2D eigenvalue weighted by Gasteiger charge is 2.26. The molecule has 22 heavy (non-hydrogen) atoms. The Kier molecular flexibility index (Phi) is 8.43. The van der Waals surface area contributed by atoms with Crippen molar-refractivity contribution in [3.05, 3.63) is 17.0 Å². The molecule has 0 atom stereocenters. The first-order chi connectivity index (χ1) is 9.81. The van der Waals surface area contributed by atoms with E-state index < -0.39 is 5.41 Å². The summed E-state index contributed by atoms with van der Waals surface area (Å²) in [5.41, 5.74) is 1.36. The molecule has 0 radical (unpaired) electrons. The van der Waals surface area contributed by atoms with Gasteiger partial charge in [0.05, 0.1) is 11.1 Å². The zero-order chi connectivity index (χ0) is 16.0. The number of carbonyl (C=O) groups is 1.